The molecule has 1 aliphatic heterocycles. The first-order valence-corrected chi connectivity index (χ1v) is 3.42. The average Bonchev–Trinajstić information content (AvgIpc) is 1.84. The van der Waals surface area contributed by atoms with Gasteiger partial charge in [0.15, 0.2) is 0 Å². The van der Waals surface area contributed by atoms with Crippen LogP contribution in [-0.4, -0.2) is 35.6 Å². The summed E-state index contributed by atoms with van der Waals surface area (Å²) in [5, 5.41) is 8.69. The zero-order valence-electron chi connectivity index (χ0n) is 6.37. The van der Waals surface area contributed by atoms with Gasteiger partial charge in [-0.25, -0.2) is 0 Å². The summed E-state index contributed by atoms with van der Waals surface area (Å²) in [7, 11) is 0. The van der Waals surface area contributed by atoms with Crippen LogP contribution in [0.15, 0.2) is 0 Å². The predicted octanol–water partition coefficient (Wildman–Crippen LogP) is -0.155. The summed E-state index contributed by atoms with van der Waals surface area (Å²) in [4.78, 5) is 12.2. The van der Waals surface area contributed by atoms with E-state index in [1.165, 1.54) is 0 Å². The second kappa shape index (κ2) is 2.32. The highest BCUT2D eigenvalue weighted by atomic mass is 16.3. The van der Waals surface area contributed by atoms with Crippen LogP contribution < -0.4 is 0 Å². The molecular weight excluding hydrogens is 130 g/mol. The molecule has 1 saturated heterocycles. The van der Waals surface area contributed by atoms with Crippen LogP contribution >= 0.6 is 0 Å². The van der Waals surface area contributed by atoms with Gasteiger partial charge >= 0.3 is 0 Å². The number of aliphatic hydroxyl groups excluding tert-OH is 1. The number of nitrogens with zero attached hydrogens (tertiary/aromatic N) is 1. The van der Waals surface area contributed by atoms with Crippen molar-refractivity contribution in [1.29, 1.82) is 0 Å². The predicted molar refractivity (Wildman–Crippen MR) is 37.4 cm³/mol. The number of carbonyl (C=O) groups is 1. The van der Waals surface area contributed by atoms with Crippen LogP contribution in [0.25, 0.3) is 0 Å². The Morgan fingerprint density at radius 2 is 2.40 bits per heavy atom. The third-order valence-corrected chi connectivity index (χ3v) is 2.12. The highest BCUT2D eigenvalue weighted by Crippen LogP contribution is 2.34. The van der Waals surface area contributed by atoms with Crippen molar-refractivity contribution in [3.05, 3.63) is 0 Å². The molecule has 0 radical (unpaired) electrons. The van der Waals surface area contributed by atoms with Crippen molar-refractivity contribution in [3.63, 3.8) is 0 Å². The van der Waals surface area contributed by atoms with E-state index in [0.29, 0.717) is 0 Å². The van der Waals surface area contributed by atoms with Gasteiger partial charge in [-0.2, -0.15) is 0 Å². The molecular formula is C7H13NO2. The quantitative estimate of drug-likeness (QED) is 0.546. The van der Waals surface area contributed by atoms with Crippen LogP contribution in [0.4, 0.5) is 0 Å². The molecule has 1 atom stereocenters. The zero-order valence-corrected chi connectivity index (χ0v) is 6.37. The minimum absolute atomic E-state index is 0.00711. The molecule has 1 aliphatic rings. The normalized spacial score (nSPS) is 31.3. The molecule has 1 rings (SSSR count). The molecule has 0 bridgehead atoms. The van der Waals surface area contributed by atoms with Crippen LogP contribution in [0.3, 0.4) is 0 Å². The minimum atomic E-state index is -0.0856. The van der Waals surface area contributed by atoms with E-state index in [0.717, 1.165) is 12.8 Å². The largest absolute Gasteiger partial charge is 0.381 e. The highest BCUT2D eigenvalue weighted by molar-refractivity contribution is 5.61. The first kappa shape index (κ1) is 7.69. The fourth-order valence-corrected chi connectivity index (χ4v) is 1.51. The van der Waals surface area contributed by atoms with Crippen LogP contribution in [0.2, 0.25) is 0 Å². The van der Waals surface area contributed by atoms with Gasteiger partial charge in [-0.3, -0.25) is 4.90 Å². The average molecular weight is 143 g/mol. The molecule has 3 nitrogen and oxygen atoms in total. The molecule has 0 aliphatic carbocycles. The number of hydrogen-bond donors (Lipinski definition) is 1. The van der Waals surface area contributed by atoms with Gasteiger partial charge in [0.2, 0.25) is 0 Å². The summed E-state index contributed by atoms with van der Waals surface area (Å²) in [6.45, 7) is 4.86. The maximum absolute atomic E-state index is 10.4. The van der Waals surface area contributed by atoms with Gasteiger partial charge in [-0.1, -0.05) is 13.8 Å². The van der Waals surface area contributed by atoms with E-state index in [-0.39, 0.29) is 18.2 Å². The summed E-state index contributed by atoms with van der Waals surface area (Å²) in [6, 6.07) is -0.0856. The van der Waals surface area contributed by atoms with Crippen molar-refractivity contribution in [3.8, 4) is 0 Å². The number of aliphatic hydroxyl groups is 1. The summed E-state index contributed by atoms with van der Waals surface area (Å²) in [6.07, 6.45) is 0.903. The van der Waals surface area contributed by atoms with Crippen molar-refractivity contribution in [2.24, 2.45) is 5.41 Å². The van der Waals surface area contributed by atoms with E-state index in [2.05, 4.69) is 0 Å². The van der Waals surface area contributed by atoms with Crippen molar-refractivity contribution in [2.75, 3.05) is 13.3 Å². The van der Waals surface area contributed by atoms with Crippen LogP contribution in [0, 0.1) is 5.41 Å². The summed E-state index contributed by atoms with van der Waals surface area (Å²) in [5.41, 5.74) is 0.0600. The monoisotopic (exact) mass is 143 g/mol. The molecule has 10 heavy (non-hydrogen) atoms. The number of carbonyl (C=O) groups excluding carboxylic acids is 1. The molecule has 0 saturated carbocycles. The summed E-state index contributed by atoms with van der Waals surface area (Å²) in [5.74, 6) is 0. The Hall–Kier alpha value is -0.410. The lowest BCUT2D eigenvalue weighted by Crippen LogP contribution is -2.62. The van der Waals surface area contributed by atoms with Crippen molar-refractivity contribution < 1.29 is 9.90 Å². The fraction of sp³-hybridized carbons (Fsp3) is 0.857. The summed E-state index contributed by atoms with van der Waals surface area (Å²) >= 11 is 0. The van der Waals surface area contributed by atoms with Crippen LogP contribution in [0.5, 0.6) is 0 Å². The Labute approximate surface area is 60.6 Å². The summed E-state index contributed by atoms with van der Waals surface area (Å²) < 4.78 is 0. The van der Waals surface area contributed by atoms with Crippen molar-refractivity contribution >= 4 is 6.29 Å². The van der Waals surface area contributed by atoms with Crippen molar-refractivity contribution in [1.82, 2.24) is 4.90 Å². The SMILES string of the molecule is CC1(C)CN(CO)C1C=O. The van der Waals surface area contributed by atoms with E-state index in [4.69, 9.17) is 5.11 Å². The molecule has 0 aromatic carbocycles. The molecule has 0 amide bonds. The second-order valence-corrected chi connectivity index (χ2v) is 3.46. The van der Waals surface area contributed by atoms with E-state index in [1.54, 1.807) is 4.90 Å². The van der Waals surface area contributed by atoms with E-state index >= 15 is 0 Å². The van der Waals surface area contributed by atoms with Gasteiger partial charge in [0, 0.05) is 6.54 Å². The third-order valence-electron chi connectivity index (χ3n) is 2.12. The zero-order chi connectivity index (χ0) is 7.78. The Morgan fingerprint density at radius 1 is 1.80 bits per heavy atom. The molecule has 0 aromatic heterocycles. The second-order valence-electron chi connectivity index (χ2n) is 3.46. The molecule has 1 heterocycles. The van der Waals surface area contributed by atoms with Crippen LogP contribution in [0.1, 0.15) is 13.8 Å². The standard InChI is InChI=1S/C7H13NO2/c1-7(2)4-8(5-10)6(7)3-9/h3,6,10H,4-5H2,1-2H3. The van der Waals surface area contributed by atoms with E-state index < -0.39 is 0 Å². The Balaban J connectivity index is 2.54. The molecule has 58 valence electrons. The maximum Gasteiger partial charge on any atom is 0.137 e. The molecule has 1 unspecified atom stereocenters. The third kappa shape index (κ3) is 0.954. The topological polar surface area (TPSA) is 40.5 Å². The Kier molecular flexibility index (Phi) is 1.79. The van der Waals surface area contributed by atoms with Crippen LogP contribution in [-0.2, 0) is 4.79 Å². The van der Waals surface area contributed by atoms with Gasteiger partial charge in [0.05, 0.1) is 12.8 Å². The fourth-order valence-electron chi connectivity index (χ4n) is 1.51. The molecule has 1 fully saturated rings. The number of rotatable bonds is 2. The Bertz CT molecular complexity index is 145. The number of likely N-dealkylation sites (tertiary alicyclic amines) is 1. The Morgan fingerprint density at radius 3 is 2.60 bits per heavy atom. The van der Waals surface area contributed by atoms with Crippen molar-refractivity contribution in [2.45, 2.75) is 19.9 Å². The van der Waals surface area contributed by atoms with Gasteiger partial charge in [-0.05, 0) is 5.41 Å². The van der Waals surface area contributed by atoms with E-state index in [9.17, 15) is 4.79 Å². The maximum atomic E-state index is 10.4. The lowest BCUT2D eigenvalue weighted by Gasteiger charge is -2.50. The first-order chi connectivity index (χ1) is 4.61. The number of aldehydes is 1. The smallest absolute Gasteiger partial charge is 0.137 e. The molecule has 3 heteroatoms. The molecule has 0 aromatic rings. The number of hydrogen-bond acceptors (Lipinski definition) is 3. The van der Waals surface area contributed by atoms with E-state index in [1.807, 2.05) is 13.8 Å². The molecule has 0 spiro atoms. The van der Waals surface area contributed by atoms with Gasteiger partial charge in [-0.15, -0.1) is 0 Å². The first-order valence-electron chi connectivity index (χ1n) is 3.42. The van der Waals surface area contributed by atoms with Gasteiger partial charge < -0.3 is 9.90 Å². The minimum Gasteiger partial charge on any atom is -0.381 e. The van der Waals surface area contributed by atoms with Gasteiger partial charge in [0.25, 0.3) is 0 Å². The lowest BCUT2D eigenvalue weighted by molar-refractivity contribution is -0.136. The van der Waals surface area contributed by atoms with Gasteiger partial charge in [0.1, 0.15) is 6.29 Å². The lowest BCUT2D eigenvalue weighted by atomic mass is 9.76. The highest BCUT2D eigenvalue weighted by Gasteiger charge is 2.44. The molecule has 1 N–H and O–H groups in total.